The van der Waals surface area contributed by atoms with Crippen LogP contribution in [-0.4, -0.2) is 51.1 Å². The fourth-order valence-corrected chi connectivity index (χ4v) is 9.56. The number of carbonyl (C=O) groups excluding carboxylic acids is 1. The molecule has 5 heteroatoms. The van der Waals surface area contributed by atoms with Gasteiger partial charge >= 0.3 is 0 Å². The Morgan fingerprint density at radius 2 is 1.74 bits per heavy atom. The average Bonchev–Trinajstić information content (AvgIpc) is 3.06. The number of aliphatic hydroxyl groups is 4. The van der Waals surface area contributed by atoms with E-state index in [0.717, 1.165) is 37.7 Å². The topological polar surface area (TPSA) is 98.0 Å². The van der Waals surface area contributed by atoms with E-state index in [2.05, 4.69) is 27.4 Å². The van der Waals surface area contributed by atoms with Gasteiger partial charge in [-0.05, 0) is 86.0 Å². The van der Waals surface area contributed by atoms with Crippen LogP contribution in [0.1, 0.15) is 86.5 Å². The van der Waals surface area contributed by atoms with E-state index in [1.54, 1.807) is 6.92 Å². The predicted molar refractivity (Wildman–Crippen MR) is 137 cm³/mol. The maximum atomic E-state index is 13.1. The van der Waals surface area contributed by atoms with Gasteiger partial charge in [-0.1, -0.05) is 52.8 Å². The van der Waals surface area contributed by atoms with E-state index in [1.165, 1.54) is 6.29 Å². The molecule has 0 saturated heterocycles. The van der Waals surface area contributed by atoms with E-state index in [9.17, 15) is 25.2 Å². The lowest BCUT2D eigenvalue weighted by Crippen LogP contribution is -2.64. The molecule has 3 fully saturated rings. The molecule has 11 atom stereocenters. The fourth-order valence-electron chi connectivity index (χ4n) is 9.56. The molecule has 0 bridgehead atoms. The molecule has 0 spiro atoms. The Labute approximate surface area is 211 Å². The summed E-state index contributed by atoms with van der Waals surface area (Å²) in [5.41, 5.74) is 0.300. The van der Waals surface area contributed by atoms with Crippen LogP contribution in [0.15, 0.2) is 23.8 Å². The quantitative estimate of drug-likeness (QED) is 0.328. The summed E-state index contributed by atoms with van der Waals surface area (Å²) in [6.45, 7) is 16.5. The van der Waals surface area contributed by atoms with Crippen molar-refractivity contribution in [2.24, 2.45) is 45.3 Å². The molecule has 5 nitrogen and oxygen atoms in total. The van der Waals surface area contributed by atoms with Gasteiger partial charge in [-0.3, -0.25) is 0 Å². The highest BCUT2D eigenvalue weighted by molar-refractivity contribution is 5.65. The van der Waals surface area contributed by atoms with Crippen molar-refractivity contribution in [2.75, 3.05) is 0 Å². The third kappa shape index (κ3) is 3.66. The molecule has 0 aliphatic heterocycles. The molecule has 4 N–H and O–H groups in total. The van der Waals surface area contributed by atoms with Gasteiger partial charge in [0.15, 0.2) is 0 Å². The molecule has 4 aliphatic rings. The van der Waals surface area contributed by atoms with Crippen LogP contribution in [0.5, 0.6) is 0 Å². The van der Waals surface area contributed by atoms with Crippen LogP contribution < -0.4 is 0 Å². The summed E-state index contributed by atoms with van der Waals surface area (Å²) >= 11 is 0. The first-order chi connectivity index (χ1) is 16.2. The summed E-state index contributed by atoms with van der Waals surface area (Å²) in [4.78, 5) is 13.1. The zero-order valence-corrected chi connectivity index (χ0v) is 22.6. The van der Waals surface area contributed by atoms with Gasteiger partial charge in [0.25, 0.3) is 0 Å². The van der Waals surface area contributed by atoms with Crippen LogP contribution in [-0.2, 0) is 4.79 Å². The number of carbonyl (C=O) groups is 1. The zero-order chi connectivity index (χ0) is 26.1. The molecule has 4 aliphatic carbocycles. The molecular formula is C30H48O5. The Morgan fingerprint density at radius 3 is 2.34 bits per heavy atom. The molecule has 35 heavy (non-hydrogen) atoms. The summed E-state index contributed by atoms with van der Waals surface area (Å²) in [5.74, 6) is 0.447. The Kier molecular flexibility index (Phi) is 6.79. The molecule has 0 heterocycles. The summed E-state index contributed by atoms with van der Waals surface area (Å²) in [7, 11) is 0. The molecule has 3 saturated carbocycles. The minimum absolute atomic E-state index is 0.0668. The van der Waals surface area contributed by atoms with Gasteiger partial charge in [0.05, 0.1) is 18.3 Å². The van der Waals surface area contributed by atoms with Crippen molar-refractivity contribution in [1.82, 2.24) is 0 Å². The molecule has 11 unspecified atom stereocenters. The highest BCUT2D eigenvalue weighted by Gasteiger charge is 2.70. The van der Waals surface area contributed by atoms with Crippen molar-refractivity contribution < 1.29 is 25.2 Å². The van der Waals surface area contributed by atoms with E-state index in [1.807, 2.05) is 19.9 Å². The Morgan fingerprint density at radius 1 is 1.09 bits per heavy atom. The van der Waals surface area contributed by atoms with E-state index in [0.29, 0.717) is 24.3 Å². The van der Waals surface area contributed by atoms with Gasteiger partial charge in [0, 0.05) is 16.7 Å². The van der Waals surface area contributed by atoms with Gasteiger partial charge in [0.2, 0.25) is 0 Å². The Hall–Kier alpha value is -1.01. The normalized spacial score (nSPS) is 46.9. The standard InChI is InChI=1S/C30H48O5/c1-17(2)25(35)22(32)14-18(3)19-10-11-29(7)26-23(33)15-21-20(8-9-24(34)27(21,4)5)30(26,16-31)13-12-28(19,29)6/h15-16,18-20,22-26,32-35H,1,8-14H2,2-7H3. The SMILES string of the molecule is C=C(C)C(O)C(O)CC(C)C1CCC2(C)C3C(O)C=C4C(CCC(O)C4(C)C)C3(C=O)CCC12C. The van der Waals surface area contributed by atoms with Crippen molar-refractivity contribution >= 4 is 6.29 Å². The lowest BCUT2D eigenvalue weighted by atomic mass is 9.38. The maximum absolute atomic E-state index is 13.1. The lowest BCUT2D eigenvalue weighted by Gasteiger charge is -2.66. The molecule has 0 aromatic carbocycles. The van der Waals surface area contributed by atoms with Crippen molar-refractivity contribution in [3.05, 3.63) is 23.8 Å². The number of hydrogen-bond acceptors (Lipinski definition) is 5. The van der Waals surface area contributed by atoms with Gasteiger partial charge in [0.1, 0.15) is 12.4 Å². The van der Waals surface area contributed by atoms with Gasteiger partial charge in [-0.2, -0.15) is 0 Å². The van der Waals surface area contributed by atoms with E-state index in [4.69, 9.17) is 0 Å². The van der Waals surface area contributed by atoms with Gasteiger partial charge in [-0.15, -0.1) is 0 Å². The van der Waals surface area contributed by atoms with Crippen molar-refractivity contribution in [3.63, 3.8) is 0 Å². The van der Waals surface area contributed by atoms with Crippen LogP contribution in [0.4, 0.5) is 0 Å². The van der Waals surface area contributed by atoms with E-state index < -0.39 is 35.2 Å². The Bertz CT molecular complexity index is 893. The fraction of sp³-hybridized carbons (Fsp3) is 0.833. The highest BCUT2D eigenvalue weighted by Crippen LogP contribution is 2.74. The van der Waals surface area contributed by atoms with Crippen molar-refractivity contribution in [1.29, 1.82) is 0 Å². The second-order valence-electron chi connectivity index (χ2n) is 13.7. The number of fused-ring (bicyclic) bond motifs is 5. The monoisotopic (exact) mass is 488 g/mol. The average molecular weight is 489 g/mol. The molecule has 0 aromatic rings. The van der Waals surface area contributed by atoms with E-state index >= 15 is 0 Å². The van der Waals surface area contributed by atoms with Crippen LogP contribution in [0.25, 0.3) is 0 Å². The summed E-state index contributed by atoms with van der Waals surface area (Å²) in [6, 6.07) is 0. The Balaban J connectivity index is 1.70. The third-order valence-corrected chi connectivity index (χ3v) is 11.9. The second kappa shape index (κ2) is 8.79. The summed E-state index contributed by atoms with van der Waals surface area (Å²) in [6.07, 6.45) is 5.83. The van der Waals surface area contributed by atoms with Crippen molar-refractivity contribution in [2.45, 2.75) is 111 Å². The minimum atomic E-state index is -0.916. The molecule has 198 valence electrons. The number of rotatable bonds is 6. The van der Waals surface area contributed by atoms with E-state index in [-0.39, 0.29) is 28.6 Å². The number of aliphatic hydroxyl groups excluding tert-OH is 4. The predicted octanol–water partition coefficient (Wildman–Crippen LogP) is 4.43. The second-order valence-corrected chi connectivity index (χ2v) is 13.7. The number of aldehydes is 1. The van der Waals surface area contributed by atoms with Crippen molar-refractivity contribution in [3.8, 4) is 0 Å². The third-order valence-electron chi connectivity index (χ3n) is 11.9. The summed E-state index contributed by atoms with van der Waals surface area (Å²) < 4.78 is 0. The minimum Gasteiger partial charge on any atom is -0.392 e. The first-order valence-corrected chi connectivity index (χ1v) is 13.7. The van der Waals surface area contributed by atoms with Crippen LogP contribution >= 0.6 is 0 Å². The van der Waals surface area contributed by atoms with Crippen LogP contribution in [0.3, 0.4) is 0 Å². The largest absolute Gasteiger partial charge is 0.392 e. The molecule has 0 amide bonds. The summed E-state index contributed by atoms with van der Waals surface area (Å²) in [5, 5.41) is 43.4. The van der Waals surface area contributed by atoms with Crippen LogP contribution in [0, 0.1) is 45.3 Å². The molecule has 0 aromatic heterocycles. The first-order valence-electron chi connectivity index (χ1n) is 13.7. The smallest absolute Gasteiger partial charge is 0.127 e. The molecular weight excluding hydrogens is 440 g/mol. The zero-order valence-electron chi connectivity index (χ0n) is 22.6. The first kappa shape index (κ1) is 27.0. The van der Waals surface area contributed by atoms with Gasteiger partial charge < -0.3 is 25.2 Å². The number of hydrogen-bond donors (Lipinski definition) is 4. The maximum Gasteiger partial charge on any atom is 0.127 e. The van der Waals surface area contributed by atoms with Crippen LogP contribution in [0.2, 0.25) is 0 Å². The van der Waals surface area contributed by atoms with Gasteiger partial charge in [-0.25, -0.2) is 0 Å². The lowest BCUT2D eigenvalue weighted by molar-refractivity contribution is -0.183. The highest BCUT2D eigenvalue weighted by atomic mass is 16.3. The molecule has 4 rings (SSSR count). The molecule has 0 radical (unpaired) electrons.